The van der Waals surface area contributed by atoms with Crippen LogP contribution < -0.4 is 10.2 Å². The summed E-state index contributed by atoms with van der Waals surface area (Å²) in [7, 11) is 0. The van der Waals surface area contributed by atoms with Crippen LogP contribution in [-0.4, -0.2) is 23.8 Å². The third-order valence-electron chi connectivity index (χ3n) is 2.75. The van der Waals surface area contributed by atoms with Crippen molar-refractivity contribution in [2.45, 2.75) is 6.61 Å². The molecule has 2 rings (SSSR count). The molecule has 9 heteroatoms. The summed E-state index contributed by atoms with van der Waals surface area (Å²) in [5.41, 5.74) is 2.71. The van der Waals surface area contributed by atoms with Crippen LogP contribution in [0.15, 0.2) is 50.4 Å². The molecule has 0 saturated heterocycles. The summed E-state index contributed by atoms with van der Waals surface area (Å²) in [6, 6.07) is 8.57. The van der Waals surface area contributed by atoms with Gasteiger partial charge in [0.05, 0.1) is 10.7 Å². The lowest BCUT2D eigenvalue weighted by molar-refractivity contribution is -0.0498. The highest BCUT2D eigenvalue weighted by molar-refractivity contribution is 9.11. The first-order valence-corrected chi connectivity index (χ1v) is 8.01. The van der Waals surface area contributed by atoms with Gasteiger partial charge in [0, 0.05) is 15.6 Å². The predicted molar refractivity (Wildman–Crippen MR) is 91.6 cm³/mol. The molecule has 0 unspecified atom stereocenters. The van der Waals surface area contributed by atoms with Crippen LogP contribution in [-0.2, 0) is 0 Å². The average molecular weight is 464 g/mol. The molecule has 0 saturated carbocycles. The number of rotatable bonds is 5. The van der Waals surface area contributed by atoms with Gasteiger partial charge in [-0.1, -0.05) is 22.0 Å². The molecule has 0 aromatic heterocycles. The Morgan fingerprint density at radius 1 is 1.29 bits per heavy atom. The van der Waals surface area contributed by atoms with Crippen LogP contribution in [0, 0.1) is 0 Å². The van der Waals surface area contributed by atoms with E-state index >= 15 is 0 Å². The van der Waals surface area contributed by atoms with Crippen molar-refractivity contribution in [1.82, 2.24) is 5.43 Å². The number of hydrazone groups is 1. The van der Waals surface area contributed by atoms with Crippen molar-refractivity contribution in [1.29, 1.82) is 0 Å². The summed E-state index contributed by atoms with van der Waals surface area (Å²) >= 11 is 6.44. The van der Waals surface area contributed by atoms with Gasteiger partial charge in [-0.3, -0.25) is 4.79 Å². The van der Waals surface area contributed by atoms with Gasteiger partial charge in [0.15, 0.2) is 0 Å². The SMILES string of the molecule is O=C(N/N=C/c1cc(Br)cc(Br)c1O)c1cccc(OC(F)F)c1. The number of benzene rings is 2. The van der Waals surface area contributed by atoms with E-state index in [1.807, 2.05) is 0 Å². The molecule has 1 amide bonds. The molecule has 0 aliphatic heterocycles. The van der Waals surface area contributed by atoms with Crippen molar-refractivity contribution in [3.63, 3.8) is 0 Å². The number of carbonyl (C=O) groups excluding carboxylic acids is 1. The van der Waals surface area contributed by atoms with Crippen molar-refractivity contribution >= 4 is 44.0 Å². The van der Waals surface area contributed by atoms with Gasteiger partial charge >= 0.3 is 6.61 Å². The molecule has 126 valence electrons. The van der Waals surface area contributed by atoms with Crippen LogP contribution in [0.25, 0.3) is 0 Å². The number of nitrogens with zero attached hydrogens (tertiary/aromatic N) is 1. The van der Waals surface area contributed by atoms with Gasteiger partial charge in [-0.25, -0.2) is 5.43 Å². The molecule has 0 radical (unpaired) electrons. The second-order valence-corrected chi connectivity index (χ2v) is 6.20. The highest BCUT2D eigenvalue weighted by Gasteiger charge is 2.09. The number of phenols is 1. The molecular weight excluding hydrogens is 454 g/mol. The first-order chi connectivity index (χ1) is 11.4. The van der Waals surface area contributed by atoms with E-state index < -0.39 is 12.5 Å². The minimum Gasteiger partial charge on any atom is -0.506 e. The number of aromatic hydroxyl groups is 1. The highest BCUT2D eigenvalue weighted by atomic mass is 79.9. The number of alkyl halides is 2. The number of halogens is 4. The van der Waals surface area contributed by atoms with E-state index in [0.29, 0.717) is 14.5 Å². The molecule has 0 fully saturated rings. The molecule has 0 aliphatic carbocycles. The topological polar surface area (TPSA) is 70.9 Å². The summed E-state index contributed by atoms with van der Waals surface area (Å²) in [5.74, 6) is -0.779. The zero-order valence-corrected chi connectivity index (χ0v) is 15.0. The number of ether oxygens (including phenoxy) is 1. The Morgan fingerprint density at radius 2 is 2.04 bits per heavy atom. The number of hydrogen-bond acceptors (Lipinski definition) is 4. The van der Waals surface area contributed by atoms with Gasteiger partial charge in [-0.2, -0.15) is 13.9 Å². The minimum atomic E-state index is -2.97. The maximum absolute atomic E-state index is 12.2. The Labute approximate surface area is 152 Å². The van der Waals surface area contributed by atoms with Crippen LogP contribution in [0.2, 0.25) is 0 Å². The van der Waals surface area contributed by atoms with E-state index in [4.69, 9.17) is 0 Å². The summed E-state index contributed by atoms with van der Waals surface area (Å²) < 4.78 is 29.7. The molecule has 24 heavy (non-hydrogen) atoms. The van der Waals surface area contributed by atoms with Crippen molar-refractivity contribution < 1.29 is 23.4 Å². The summed E-state index contributed by atoms with van der Waals surface area (Å²) in [5, 5.41) is 13.6. The van der Waals surface area contributed by atoms with E-state index in [9.17, 15) is 18.7 Å². The van der Waals surface area contributed by atoms with Crippen LogP contribution in [0.5, 0.6) is 11.5 Å². The van der Waals surface area contributed by atoms with Crippen LogP contribution in [0.4, 0.5) is 8.78 Å². The molecule has 2 N–H and O–H groups in total. The maximum Gasteiger partial charge on any atom is 0.387 e. The molecule has 0 spiro atoms. The molecule has 2 aromatic rings. The zero-order valence-electron chi connectivity index (χ0n) is 11.8. The third kappa shape index (κ3) is 5.00. The lowest BCUT2D eigenvalue weighted by atomic mass is 10.2. The van der Waals surface area contributed by atoms with Crippen LogP contribution >= 0.6 is 31.9 Å². The second kappa shape index (κ2) is 8.20. The molecule has 0 heterocycles. The Morgan fingerprint density at radius 3 is 2.75 bits per heavy atom. The second-order valence-electron chi connectivity index (χ2n) is 4.43. The lowest BCUT2D eigenvalue weighted by Crippen LogP contribution is -2.17. The average Bonchev–Trinajstić information content (AvgIpc) is 2.51. The quantitative estimate of drug-likeness (QED) is 0.513. The largest absolute Gasteiger partial charge is 0.506 e. The molecule has 0 aliphatic rings. The fraction of sp³-hybridized carbons (Fsp3) is 0.0667. The van der Waals surface area contributed by atoms with E-state index in [-0.39, 0.29) is 17.1 Å². The molecule has 0 atom stereocenters. The first kappa shape index (κ1) is 18.3. The first-order valence-electron chi connectivity index (χ1n) is 6.43. The third-order valence-corrected chi connectivity index (χ3v) is 3.81. The normalized spacial score (nSPS) is 11.0. The summed E-state index contributed by atoms with van der Waals surface area (Å²) in [4.78, 5) is 11.9. The highest BCUT2D eigenvalue weighted by Crippen LogP contribution is 2.30. The summed E-state index contributed by atoms with van der Waals surface area (Å²) in [6.07, 6.45) is 1.25. The molecule has 2 aromatic carbocycles. The Hall–Kier alpha value is -2.00. The molecular formula is C15H10Br2F2N2O3. The smallest absolute Gasteiger partial charge is 0.387 e. The number of carbonyl (C=O) groups is 1. The molecule has 5 nitrogen and oxygen atoms in total. The monoisotopic (exact) mass is 462 g/mol. The fourth-order valence-electron chi connectivity index (χ4n) is 1.72. The lowest BCUT2D eigenvalue weighted by Gasteiger charge is -2.06. The van der Waals surface area contributed by atoms with Crippen molar-refractivity contribution in [3.8, 4) is 11.5 Å². The van der Waals surface area contributed by atoms with Gasteiger partial charge in [0.2, 0.25) is 0 Å². The summed E-state index contributed by atoms with van der Waals surface area (Å²) in [6.45, 7) is -2.97. The van der Waals surface area contributed by atoms with E-state index in [1.54, 1.807) is 12.1 Å². The Kier molecular flexibility index (Phi) is 6.27. The molecule has 0 bridgehead atoms. The van der Waals surface area contributed by atoms with Crippen molar-refractivity contribution in [2.24, 2.45) is 5.10 Å². The van der Waals surface area contributed by atoms with Crippen molar-refractivity contribution in [2.75, 3.05) is 0 Å². The zero-order chi connectivity index (χ0) is 17.7. The number of hydrogen-bond donors (Lipinski definition) is 2. The standard InChI is InChI=1S/C15H10Br2F2N2O3/c16-10-4-9(13(22)12(17)6-10)7-20-21-14(23)8-2-1-3-11(5-8)24-15(18)19/h1-7,15,22H,(H,21,23)/b20-7+. The van der Waals surface area contributed by atoms with E-state index in [1.165, 1.54) is 30.5 Å². The van der Waals surface area contributed by atoms with Gasteiger partial charge in [-0.15, -0.1) is 0 Å². The Bertz CT molecular complexity index is 785. The van der Waals surface area contributed by atoms with Gasteiger partial charge in [0.1, 0.15) is 11.5 Å². The predicted octanol–water partition coefficient (Wildman–Crippen LogP) is 4.28. The van der Waals surface area contributed by atoms with Crippen molar-refractivity contribution in [3.05, 3.63) is 56.5 Å². The van der Waals surface area contributed by atoms with E-state index in [0.717, 1.165) is 0 Å². The van der Waals surface area contributed by atoms with Gasteiger partial charge < -0.3 is 9.84 Å². The number of phenolic OH excluding ortho intramolecular Hbond substituents is 1. The fourth-order valence-corrected chi connectivity index (χ4v) is 2.98. The van der Waals surface area contributed by atoms with Gasteiger partial charge in [0.25, 0.3) is 5.91 Å². The van der Waals surface area contributed by atoms with E-state index in [2.05, 4.69) is 47.1 Å². The maximum atomic E-state index is 12.2. The minimum absolute atomic E-state index is 0.0384. The van der Waals surface area contributed by atoms with Gasteiger partial charge in [-0.05, 0) is 46.3 Å². The van der Waals surface area contributed by atoms with Crippen LogP contribution in [0.3, 0.4) is 0 Å². The number of nitrogens with one attached hydrogen (secondary N) is 1. The Balaban J connectivity index is 2.08. The van der Waals surface area contributed by atoms with Crippen LogP contribution in [0.1, 0.15) is 15.9 Å². The number of amides is 1.